The van der Waals surface area contributed by atoms with Crippen LogP contribution in [0.15, 0.2) is 59.5 Å². The topological polar surface area (TPSA) is 90.7 Å². The van der Waals surface area contributed by atoms with Crippen LogP contribution in [-0.4, -0.2) is 42.8 Å². The normalized spacial score (nSPS) is 15.2. The number of rotatable bonds is 6. The Morgan fingerprint density at radius 3 is 2.23 bits per heavy atom. The summed E-state index contributed by atoms with van der Waals surface area (Å²) in [6.07, 6.45) is -8.47. The number of carboxylic acids is 1. The molecule has 1 aliphatic heterocycles. The van der Waals surface area contributed by atoms with Gasteiger partial charge in [0.05, 0.1) is 27.4 Å². The monoisotopic (exact) mass is 598 g/mol. The number of aromatic carboxylic acids is 1. The number of carbonyl (C=O) groups excluding carboxylic acids is 1. The Morgan fingerprint density at radius 1 is 1.00 bits per heavy atom. The van der Waals surface area contributed by atoms with E-state index in [0.717, 1.165) is 11.8 Å². The van der Waals surface area contributed by atoms with Crippen molar-refractivity contribution in [3.8, 4) is 17.0 Å². The highest BCUT2D eigenvalue weighted by Crippen LogP contribution is 2.39. The van der Waals surface area contributed by atoms with Crippen LogP contribution in [0.3, 0.4) is 0 Å². The van der Waals surface area contributed by atoms with Crippen molar-refractivity contribution in [2.24, 2.45) is 0 Å². The first-order valence-electron chi connectivity index (χ1n) is 11.2. The maximum absolute atomic E-state index is 13.3. The molecule has 0 atom stereocenters. The van der Waals surface area contributed by atoms with Crippen LogP contribution in [0.5, 0.6) is 5.75 Å². The fourth-order valence-electron chi connectivity index (χ4n) is 3.78. The minimum Gasteiger partial charge on any atom is -0.507 e. The molecule has 40 heavy (non-hydrogen) atoms. The zero-order chi connectivity index (χ0) is 29.4. The van der Waals surface area contributed by atoms with Crippen LogP contribution in [-0.2, 0) is 23.6 Å². The van der Waals surface area contributed by atoms with E-state index in [1.807, 2.05) is 0 Å². The second kappa shape index (κ2) is 10.9. The molecular weight excluding hydrogens is 582 g/mol. The second-order valence-corrected chi connectivity index (χ2v) is 10.2. The molecule has 3 aromatic rings. The number of benzene rings is 2. The van der Waals surface area contributed by atoms with Gasteiger partial charge in [0, 0.05) is 12.1 Å². The number of aromatic nitrogens is 1. The number of alkyl halides is 6. The Labute approximate surface area is 232 Å². The predicted molar refractivity (Wildman–Crippen MR) is 138 cm³/mol. The number of thioether (sulfide) groups is 1. The molecule has 208 valence electrons. The van der Waals surface area contributed by atoms with Crippen LogP contribution in [0.25, 0.3) is 17.3 Å². The van der Waals surface area contributed by atoms with Crippen LogP contribution in [0, 0.1) is 0 Å². The number of carbonyl (C=O) groups is 2. The van der Waals surface area contributed by atoms with Gasteiger partial charge in [-0.25, -0.2) is 9.78 Å². The molecule has 0 saturated carbocycles. The molecule has 0 unspecified atom stereocenters. The second-order valence-electron chi connectivity index (χ2n) is 8.48. The summed E-state index contributed by atoms with van der Waals surface area (Å²) in [5, 5.41) is 18.9. The number of thiocarbonyl (C=S) groups is 1. The molecule has 2 heterocycles. The van der Waals surface area contributed by atoms with Crippen molar-refractivity contribution in [3.05, 3.63) is 87.5 Å². The van der Waals surface area contributed by atoms with Gasteiger partial charge in [-0.3, -0.25) is 9.69 Å². The summed E-state index contributed by atoms with van der Waals surface area (Å²) in [7, 11) is 0. The van der Waals surface area contributed by atoms with Crippen molar-refractivity contribution >= 4 is 46.3 Å². The summed E-state index contributed by atoms with van der Waals surface area (Å²) >= 11 is 6.21. The van der Waals surface area contributed by atoms with E-state index < -0.39 is 46.7 Å². The highest BCUT2D eigenvalue weighted by atomic mass is 32.2. The summed E-state index contributed by atoms with van der Waals surface area (Å²) in [4.78, 5) is 29.6. The van der Waals surface area contributed by atoms with Gasteiger partial charge < -0.3 is 10.2 Å². The van der Waals surface area contributed by atoms with Crippen molar-refractivity contribution in [1.29, 1.82) is 0 Å². The van der Waals surface area contributed by atoms with Crippen LogP contribution >= 0.6 is 24.0 Å². The molecule has 0 bridgehead atoms. The van der Waals surface area contributed by atoms with Crippen LogP contribution in [0.4, 0.5) is 26.3 Å². The lowest BCUT2D eigenvalue weighted by Gasteiger charge is -2.14. The highest BCUT2D eigenvalue weighted by Gasteiger charge is 2.37. The third kappa shape index (κ3) is 6.45. The number of hydrogen-bond acceptors (Lipinski definition) is 6. The molecule has 1 amide bonds. The first-order valence-corrected chi connectivity index (χ1v) is 12.4. The number of nitrogens with zero attached hydrogens (tertiary/aromatic N) is 2. The van der Waals surface area contributed by atoms with Crippen molar-refractivity contribution < 1.29 is 46.1 Å². The quantitative estimate of drug-likeness (QED) is 0.187. The summed E-state index contributed by atoms with van der Waals surface area (Å²) in [5.41, 5.74) is -3.13. The summed E-state index contributed by atoms with van der Waals surface area (Å²) in [5.74, 6) is -2.21. The van der Waals surface area contributed by atoms with E-state index in [1.54, 1.807) is 0 Å². The zero-order valence-corrected chi connectivity index (χ0v) is 21.5. The number of carboxylic acid groups (broad SMARTS) is 1. The summed E-state index contributed by atoms with van der Waals surface area (Å²) < 4.78 is 79.8. The van der Waals surface area contributed by atoms with Gasteiger partial charge in [-0.15, -0.1) is 0 Å². The highest BCUT2D eigenvalue weighted by molar-refractivity contribution is 8.26. The Balaban J connectivity index is 1.57. The van der Waals surface area contributed by atoms with E-state index >= 15 is 0 Å². The maximum Gasteiger partial charge on any atom is 0.416 e. The Hall–Kier alpha value is -3.91. The average molecular weight is 599 g/mol. The van der Waals surface area contributed by atoms with Crippen molar-refractivity contribution in [2.75, 3.05) is 6.54 Å². The minimum atomic E-state index is -5.02. The first kappa shape index (κ1) is 29.1. The van der Waals surface area contributed by atoms with E-state index in [2.05, 4.69) is 4.98 Å². The number of amides is 1. The molecule has 6 nitrogen and oxygen atoms in total. The molecular formula is C26H16F6N2O4S2. The number of pyridine rings is 1. The number of phenols is 1. The van der Waals surface area contributed by atoms with E-state index in [0.29, 0.717) is 17.7 Å². The molecule has 0 radical (unpaired) electrons. The average Bonchev–Trinajstić information content (AvgIpc) is 3.13. The molecule has 1 saturated heterocycles. The standard InChI is InChI=1S/C26H16F6N2O4S2/c27-25(28,29)15-9-14(10-16(11-15)26(30,31)32)19-3-1-2-17(33-19)12-21-22(36)34(24(39)40-21)7-6-13-4-5-18(23(37)38)20(35)8-13/h1-5,8-12,35H,6-7H2,(H,37,38)/b21-12-. The molecule has 0 spiro atoms. The van der Waals surface area contributed by atoms with Gasteiger partial charge in [0.2, 0.25) is 0 Å². The molecule has 1 fully saturated rings. The van der Waals surface area contributed by atoms with Gasteiger partial charge in [0.1, 0.15) is 15.6 Å². The van der Waals surface area contributed by atoms with Gasteiger partial charge >= 0.3 is 18.3 Å². The molecule has 4 rings (SSSR count). The first-order chi connectivity index (χ1) is 18.6. The maximum atomic E-state index is 13.3. The molecule has 1 aliphatic rings. The fraction of sp³-hybridized carbons (Fsp3) is 0.154. The van der Waals surface area contributed by atoms with E-state index in [9.17, 15) is 41.0 Å². The molecule has 14 heteroatoms. The van der Waals surface area contributed by atoms with E-state index in [-0.39, 0.29) is 45.2 Å². The third-order valence-electron chi connectivity index (χ3n) is 5.72. The SMILES string of the molecule is O=C(O)c1ccc(CCN2C(=O)/C(=C/c3cccc(-c4cc(C(F)(F)F)cc(C(F)(F)F)c4)n3)SC2=S)cc1O. The Morgan fingerprint density at radius 2 is 1.65 bits per heavy atom. The lowest BCUT2D eigenvalue weighted by atomic mass is 10.0. The Bertz CT molecular complexity index is 1520. The number of halogens is 6. The van der Waals surface area contributed by atoms with Crippen LogP contribution < -0.4 is 0 Å². The van der Waals surface area contributed by atoms with Crippen molar-refractivity contribution in [2.45, 2.75) is 18.8 Å². The van der Waals surface area contributed by atoms with Crippen molar-refractivity contribution in [3.63, 3.8) is 0 Å². The lowest BCUT2D eigenvalue weighted by Crippen LogP contribution is -2.30. The van der Waals surface area contributed by atoms with Crippen LogP contribution in [0.2, 0.25) is 0 Å². The lowest BCUT2D eigenvalue weighted by molar-refractivity contribution is -0.143. The third-order valence-corrected chi connectivity index (χ3v) is 7.10. The minimum absolute atomic E-state index is 0.0283. The Kier molecular flexibility index (Phi) is 7.94. The molecule has 1 aromatic heterocycles. The summed E-state index contributed by atoms with van der Waals surface area (Å²) in [6, 6.07) is 9.23. The largest absolute Gasteiger partial charge is 0.507 e. The predicted octanol–water partition coefficient (Wildman–Crippen LogP) is 6.63. The zero-order valence-electron chi connectivity index (χ0n) is 19.9. The van der Waals surface area contributed by atoms with Gasteiger partial charge in [0.15, 0.2) is 0 Å². The molecule has 0 aliphatic carbocycles. The van der Waals surface area contributed by atoms with Gasteiger partial charge in [-0.05, 0) is 60.5 Å². The summed E-state index contributed by atoms with van der Waals surface area (Å²) in [6.45, 7) is 0.103. The van der Waals surface area contributed by atoms with Crippen LogP contribution in [0.1, 0.15) is 32.7 Å². The van der Waals surface area contributed by atoms with E-state index in [1.165, 1.54) is 47.4 Å². The molecule has 2 N–H and O–H groups in total. The van der Waals surface area contributed by atoms with E-state index in [4.69, 9.17) is 17.3 Å². The molecule has 2 aromatic carbocycles. The van der Waals surface area contributed by atoms with Gasteiger partial charge in [-0.1, -0.05) is 36.1 Å². The van der Waals surface area contributed by atoms with Crippen molar-refractivity contribution in [1.82, 2.24) is 9.88 Å². The fourth-order valence-corrected chi connectivity index (χ4v) is 5.07. The van der Waals surface area contributed by atoms with Gasteiger partial charge in [-0.2, -0.15) is 26.3 Å². The number of hydrogen-bond donors (Lipinski definition) is 2. The van der Waals surface area contributed by atoms with Gasteiger partial charge in [0.25, 0.3) is 5.91 Å². The smallest absolute Gasteiger partial charge is 0.416 e. The number of aromatic hydroxyl groups is 1.